The minimum atomic E-state index is -3.96. The molecule has 0 aliphatic carbocycles. The van der Waals surface area contributed by atoms with Crippen LogP contribution in [-0.4, -0.2) is 71.8 Å². The second-order valence-corrected chi connectivity index (χ2v) is 11.6. The Labute approximate surface area is 248 Å². The van der Waals surface area contributed by atoms with Crippen LogP contribution in [0.5, 0.6) is 17.2 Å². The molecular weight excluding hydrogens is 558 g/mol. The highest BCUT2D eigenvalue weighted by atomic mass is 32.2. The van der Waals surface area contributed by atoms with Crippen LogP contribution in [-0.2, 0) is 32.6 Å². The van der Waals surface area contributed by atoms with E-state index in [-0.39, 0.29) is 30.3 Å². The molecule has 0 fully saturated rings. The van der Waals surface area contributed by atoms with Gasteiger partial charge in [-0.2, -0.15) is 0 Å². The van der Waals surface area contributed by atoms with E-state index in [1.807, 2.05) is 43.3 Å². The zero-order valence-electron chi connectivity index (χ0n) is 24.7. The van der Waals surface area contributed by atoms with Gasteiger partial charge in [0, 0.05) is 25.6 Å². The third-order valence-electron chi connectivity index (χ3n) is 6.64. The van der Waals surface area contributed by atoms with Gasteiger partial charge in [0.2, 0.25) is 21.8 Å². The summed E-state index contributed by atoms with van der Waals surface area (Å²) in [6.07, 6.45) is 1.97. The van der Waals surface area contributed by atoms with Crippen LogP contribution in [0.4, 0.5) is 5.69 Å². The minimum Gasteiger partial charge on any atom is -0.497 e. The van der Waals surface area contributed by atoms with Crippen molar-refractivity contribution in [2.24, 2.45) is 0 Å². The molecule has 11 heteroatoms. The van der Waals surface area contributed by atoms with Gasteiger partial charge in [0.1, 0.15) is 29.8 Å². The lowest BCUT2D eigenvalue weighted by atomic mass is 10.0. The van der Waals surface area contributed by atoms with Gasteiger partial charge in [-0.05, 0) is 41.8 Å². The van der Waals surface area contributed by atoms with Crippen LogP contribution < -0.4 is 23.8 Å². The molecule has 3 aromatic carbocycles. The molecule has 42 heavy (non-hydrogen) atoms. The topological polar surface area (TPSA) is 114 Å². The van der Waals surface area contributed by atoms with Crippen molar-refractivity contribution in [2.45, 2.75) is 32.4 Å². The molecule has 0 saturated heterocycles. The van der Waals surface area contributed by atoms with Gasteiger partial charge in [0.25, 0.3) is 0 Å². The zero-order chi connectivity index (χ0) is 30.7. The Morgan fingerprint density at radius 2 is 1.52 bits per heavy atom. The molecule has 0 aliphatic heterocycles. The van der Waals surface area contributed by atoms with Crippen molar-refractivity contribution in [2.75, 3.05) is 45.0 Å². The number of rotatable bonds is 15. The zero-order valence-corrected chi connectivity index (χ0v) is 25.5. The first-order chi connectivity index (χ1) is 20.1. The van der Waals surface area contributed by atoms with Crippen LogP contribution in [0.25, 0.3) is 0 Å². The summed E-state index contributed by atoms with van der Waals surface area (Å²) in [5.74, 6) is 0.383. The second-order valence-electron chi connectivity index (χ2n) is 9.68. The molecule has 0 spiro atoms. The number of amides is 2. The summed E-state index contributed by atoms with van der Waals surface area (Å²) in [6, 6.07) is 20.3. The lowest BCUT2D eigenvalue weighted by Crippen LogP contribution is -2.53. The van der Waals surface area contributed by atoms with Gasteiger partial charge in [-0.3, -0.25) is 13.9 Å². The molecule has 3 aromatic rings. The van der Waals surface area contributed by atoms with Crippen molar-refractivity contribution in [3.05, 3.63) is 83.9 Å². The highest BCUT2D eigenvalue weighted by Crippen LogP contribution is 2.34. The molecule has 3 rings (SSSR count). The van der Waals surface area contributed by atoms with E-state index < -0.39 is 28.5 Å². The quantitative estimate of drug-likeness (QED) is 0.285. The summed E-state index contributed by atoms with van der Waals surface area (Å²) in [4.78, 5) is 29.2. The average Bonchev–Trinajstić information content (AvgIpc) is 3.00. The maximum absolute atomic E-state index is 14.2. The fraction of sp³-hybridized carbons (Fsp3) is 0.355. The van der Waals surface area contributed by atoms with Gasteiger partial charge in [-0.1, -0.05) is 49.4 Å². The number of hydrogen-bond acceptors (Lipinski definition) is 7. The fourth-order valence-electron chi connectivity index (χ4n) is 4.47. The van der Waals surface area contributed by atoms with Gasteiger partial charge >= 0.3 is 0 Å². The van der Waals surface area contributed by atoms with Gasteiger partial charge in [-0.25, -0.2) is 8.42 Å². The number of carbonyl (C=O) groups is 2. The fourth-order valence-corrected chi connectivity index (χ4v) is 5.33. The summed E-state index contributed by atoms with van der Waals surface area (Å²) < 4.78 is 43.2. The third-order valence-corrected chi connectivity index (χ3v) is 7.77. The van der Waals surface area contributed by atoms with E-state index in [0.29, 0.717) is 24.5 Å². The molecule has 0 saturated carbocycles. The average molecular weight is 598 g/mol. The van der Waals surface area contributed by atoms with Crippen LogP contribution in [0.3, 0.4) is 0 Å². The van der Waals surface area contributed by atoms with E-state index in [1.165, 1.54) is 25.2 Å². The third kappa shape index (κ3) is 8.62. The van der Waals surface area contributed by atoms with Gasteiger partial charge < -0.3 is 24.4 Å². The van der Waals surface area contributed by atoms with E-state index in [9.17, 15) is 18.0 Å². The molecule has 0 radical (unpaired) electrons. The number of sulfonamides is 1. The van der Waals surface area contributed by atoms with Crippen LogP contribution in [0, 0.1) is 0 Å². The molecular formula is C31H39N3O7S. The largest absolute Gasteiger partial charge is 0.497 e. The van der Waals surface area contributed by atoms with Crippen molar-refractivity contribution < 1.29 is 32.2 Å². The van der Waals surface area contributed by atoms with Crippen LogP contribution in [0.2, 0.25) is 0 Å². The molecule has 1 N–H and O–H groups in total. The SMILES string of the molecule is CCCNC(=O)[C@@H](Cc1ccccc1)N(Cc1cccc(OC)c1)C(=O)CN(c1ccc(OC)cc1OC)S(C)(=O)=O. The van der Waals surface area contributed by atoms with E-state index >= 15 is 0 Å². The summed E-state index contributed by atoms with van der Waals surface area (Å²) in [5, 5.41) is 2.92. The van der Waals surface area contributed by atoms with E-state index in [4.69, 9.17) is 14.2 Å². The monoisotopic (exact) mass is 597 g/mol. The molecule has 1 atom stereocenters. The molecule has 0 unspecified atom stereocenters. The molecule has 0 aliphatic rings. The molecule has 0 heterocycles. The number of benzene rings is 3. The molecule has 226 valence electrons. The standard InChI is InChI=1S/C31H39N3O7S/c1-6-17-32-31(36)28(19-23-11-8-7-9-12-23)33(21-24-13-10-14-25(18-24)39-2)30(35)22-34(42(5,37)38)27-16-15-26(40-3)20-29(27)41-4/h7-16,18,20,28H,6,17,19,21-22H2,1-5H3,(H,32,36)/t28-/m1/s1. The van der Waals surface area contributed by atoms with Crippen LogP contribution in [0.1, 0.15) is 24.5 Å². The Morgan fingerprint density at radius 3 is 2.14 bits per heavy atom. The van der Waals surface area contributed by atoms with Crippen molar-refractivity contribution in [1.82, 2.24) is 10.2 Å². The van der Waals surface area contributed by atoms with Gasteiger partial charge in [0.15, 0.2) is 0 Å². The number of nitrogens with zero attached hydrogens (tertiary/aromatic N) is 2. The van der Waals surface area contributed by atoms with Crippen molar-refractivity contribution in [3.8, 4) is 17.2 Å². The molecule has 0 bridgehead atoms. The molecule has 0 aromatic heterocycles. The summed E-state index contributed by atoms with van der Waals surface area (Å²) in [7, 11) is 0.481. The normalized spacial score (nSPS) is 11.7. The van der Waals surface area contributed by atoms with E-state index in [0.717, 1.165) is 21.7 Å². The van der Waals surface area contributed by atoms with E-state index in [2.05, 4.69) is 5.32 Å². The molecule has 10 nitrogen and oxygen atoms in total. The number of anilines is 1. The Kier molecular flexibility index (Phi) is 11.6. The summed E-state index contributed by atoms with van der Waals surface area (Å²) in [6.45, 7) is 1.87. The van der Waals surface area contributed by atoms with Crippen LogP contribution >= 0.6 is 0 Å². The Morgan fingerprint density at radius 1 is 0.857 bits per heavy atom. The second kappa shape index (κ2) is 15.1. The smallest absolute Gasteiger partial charge is 0.244 e. The van der Waals surface area contributed by atoms with Crippen LogP contribution in [0.15, 0.2) is 72.8 Å². The number of ether oxygens (including phenoxy) is 3. The maximum Gasteiger partial charge on any atom is 0.244 e. The summed E-state index contributed by atoms with van der Waals surface area (Å²) in [5.41, 5.74) is 1.75. The first-order valence-electron chi connectivity index (χ1n) is 13.5. The highest BCUT2D eigenvalue weighted by molar-refractivity contribution is 7.92. The lowest BCUT2D eigenvalue weighted by molar-refractivity contribution is -0.140. The predicted octanol–water partition coefficient (Wildman–Crippen LogP) is 3.64. The Balaban J connectivity index is 2.09. The predicted molar refractivity (Wildman–Crippen MR) is 163 cm³/mol. The number of nitrogens with one attached hydrogen (secondary N) is 1. The number of hydrogen-bond donors (Lipinski definition) is 1. The van der Waals surface area contributed by atoms with Crippen molar-refractivity contribution in [3.63, 3.8) is 0 Å². The maximum atomic E-state index is 14.2. The summed E-state index contributed by atoms with van der Waals surface area (Å²) >= 11 is 0. The number of methoxy groups -OCH3 is 3. The van der Waals surface area contributed by atoms with Gasteiger partial charge in [-0.15, -0.1) is 0 Å². The van der Waals surface area contributed by atoms with Crippen molar-refractivity contribution >= 4 is 27.5 Å². The van der Waals surface area contributed by atoms with Gasteiger partial charge in [0.05, 0.1) is 33.3 Å². The Bertz CT molecular complexity index is 1450. The van der Waals surface area contributed by atoms with E-state index in [1.54, 1.807) is 37.4 Å². The molecule has 2 amide bonds. The lowest BCUT2D eigenvalue weighted by Gasteiger charge is -2.33. The Hall–Kier alpha value is -4.25. The van der Waals surface area contributed by atoms with Crippen molar-refractivity contribution in [1.29, 1.82) is 0 Å². The first-order valence-corrected chi connectivity index (χ1v) is 15.4. The minimum absolute atomic E-state index is 0.0461. The number of carbonyl (C=O) groups excluding carboxylic acids is 2. The first kappa shape index (κ1) is 32.3. The highest BCUT2D eigenvalue weighted by Gasteiger charge is 2.33.